The summed E-state index contributed by atoms with van der Waals surface area (Å²) in [5, 5.41) is 3.08. The Morgan fingerprint density at radius 3 is 2.33 bits per heavy atom. The largest absolute Gasteiger partial charge is 0.371 e. The fraction of sp³-hybridized carbons (Fsp3) is 0.440. The van der Waals surface area contributed by atoms with Crippen molar-refractivity contribution in [2.45, 2.75) is 45.6 Å². The van der Waals surface area contributed by atoms with E-state index >= 15 is 0 Å². The molecule has 2 saturated heterocycles. The van der Waals surface area contributed by atoms with E-state index in [-0.39, 0.29) is 17.9 Å². The monoisotopic (exact) mass is 405 g/mol. The number of benzene rings is 2. The Labute approximate surface area is 179 Å². The molecule has 2 heterocycles. The van der Waals surface area contributed by atoms with Gasteiger partial charge < -0.3 is 15.1 Å². The van der Waals surface area contributed by atoms with Crippen molar-refractivity contribution in [1.82, 2.24) is 5.32 Å². The minimum Gasteiger partial charge on any atom is -0.371 e. The van der Waals surface area contributed by atoms with E-state index in [0.29, 0.717) is 12.0 Å². The zero-order chi connectivity index (χ0) is 21.1. The third-order valence-corrected chi connectivity index (χ3v) is 6.28. The molecule has 2 aliphatic heterocycles. The zero-order valence-corrected chi connectivity index (χ0v) is 17.9. The Morgan fingerprint density at radius 2 is 1.70 bits per heavy atom. The predicted octanol–water partition coefficient (Wildman–Crippen LogP) is 4.54. The maximum absolute atomic E-state index is 12.7. The number of carbonyl (C=O) groups is 2. The van der Waals surface area contributed by atoms with Gasteiger partial charge >= 0.3 is 0 Å². The molecule has 1 N–H and O–H groups in total. The van der Waals surface area contributed by atoms with Crippen LogP contribution in [0.15, 0.2) is 48.5 Å². The van der Waals surface area contributed by atoms with Crippen LogP contribution < -0.4 is 15.1 Å². The van der Waals surface area contributed by atoms with Crippen LogP contribution in [-0.2, 0) is 4.79 Å². The van der Waals surface area contributed by atoms with E-state index < -0.39 is 0 Å². The highest BCUT2D eigenvalue weighted by atomic mass is 16.2. The fourth-order valence-corrected chi connectivity index (χ4v) is 4.47. The maximum Gasteiger partial charge on any atom is 0.251 e. The van der Waals surface area contributed by atoms with Crippen LogP contribution in [0.5, 0.6) is 0 Å². The second-order valence-electron chi connectivity index (χ2n) is 8.68. The molecule has 0 bridgehead atoms. The van der Waals surface area contributed by atoms with Crippen molar-refractivity contribution >= 4 is 23.2 Å². The Kier molecular flexibility index (Phi) is 6.07. The molecule has 2 aromatic carbocycles. The van der Waals surface area contributed by atoms with Gasteiger partial charge in [-0.05, 0) is 74.1 Å². The molecular weight excluding hydrogens is 374 g/mol. The van der Waals surface area contributed by atoms with Crippen LogP contribution in [0.3, 0.4) is 0 Å². The molecule has 2 amide bonds. The van der Waals surface area contributed by atoms with E-state index in [1.165, 1.54) is 18.5 Å². The van der Waals surface area contributed by atoms with Crippen molar-refractivity contribution in [3.05, 3.63) is 59.7 Å². The van der Waals surface area contributed by atoms with Crippen LogP contribution in [0.25, 0.3) is 0 Å². The topological polar surface area (TPSA) is 52.7 Å². The lowest BCUT2D eigenvalue weighted by Gasteiger charge is -2.33. The van der Waals surface area contributed by atoms with Crippen LogP contribution in [0.4, 0.5) is 11.4 Å². The van der Waals surface area contributed by atoms with Gasteiger partial charge in [0.1, 0.15) is 0 Å². The summed E-state index contributed by atoms with van der Waals surface area (Å²) < 4.78 is 0. The molecular formula is C25H31N3O2. The van der Waals surface area contributed by atoms with Crippen molar-refractivity contribution in [1.29, 1.82) is 0 Å². The summed E-state index contributed by atoms with van der Waals surface area (Å²) in [5.41, 5.74) is 3.83. The summed E-state index contributed by atoms with van der Waals surface area (Å²) in [5.74, 6) is 0.797. The molecule has 0 aliphatic carbocycles. The molecule has 0 spiro atoms. The van der Waals surface area contributed by atoms with E-state index in [4.69, 9.17) is 0 Å². The Bertz CT molecular complexity index is 892. The normalized spacial score (nSPS) is 20.3. The minimum atomic E-state index is -0.101. The summed E-state index contributed by atoms with van der Waals surface area (Å²) in [6, 6.07) is 15.8. The second kappa shape index (κ2) is 8.90. The highest BCUT2D eigenvalue weighted by molar-refractivity contribution is 5.97. The van der Waals surface area contributed by atoms with Crippen LogP contribution in [0, 0.1) is 5.92 Å². The van der Waals surface area contributed by atoms with Crippen LogP contribution in [-0.4, -0.2) is 31.4 Å². The maximum atomic E-state index is 12.7. The lowest BCUT2D eigenvalue weighted by molar-refractivity contribution is -0.117. The molecule has 5 nitrogen and oxygen atoms in total. The zero-order valence-electron chi connectivity index (χ0n) is 17.9. The number of hydrogen-bond donors (Lipinski definition) is 1. The number of nitrogens with zero attached hydrogens (tertiary/aromatic N) is 2. The molecule has 0 unspecified atom stereocenters. The molecule has 0 aromatic heterocycles. The molecule has 5 heteroatoms. The van der Waals surface area contributed by atoms with Crippen molar-refractivity contribution in [3.63, 3.8) is 0 Å². The third kappa shape index (κ3) is 4.50. The number of amides is 2. The van der Waals surface area contributed by atoms with Gasteiger partial charge in [-0.2, -0.15) is 0 Å². The minimum absolute atomic E-state index is 0.0772. The molecule has 2 atom stereocenters. The van der Waals surface area contributed by atoms with Gasteiger partial charge in [-0.1, -0.05) is 19.1 Å². The number of rotatable bonds is 5. The summed E-state index contributed by atoms with van der Waals surface area (Å²) in [4.78, 5) is 28.8. The predicted molar refractivity (Wildman–Crippen MR) is 121 cm³/mol. The van der Waals surface area contributed by atoms with Gasteiger partial charge in [-0.3, -0.25) is 9.59 Å². The van der Waals surface area contributed by atoms with Crippen molar-refractivity contribution < 1.29 is 9.59 Å². The van der Waals surface area contributed by atoms with Gasteiger partial charge in [0, 0.05) is 43.0 Å². The Morgan fingerprint density at radius 1 is 1.00 bits per heavy atom. The number of hydrogen-bond acceptors (Lipinski definition) is 3. The molecule has 30 heavy (non-hydrogen) atoms. The average Bonchev–Trinajstić information content (AvgIpc) is 3.20. The summed E-state index contributed by atoms with van der Waals surface area (Å²) in [6.45, 7) is 7.31. The molecule has 2 aromatic rings. The van der Waals surface area contributed by atoms with Crippen LogP contribution >= 0.6 is 0 Å². The summed E-state index contributed by atoms with van der Waals surface area (Å²) in [6.07, 6.45) is 4.07. The number of carbonyl (C=O) groups excluding carboxylic acids is 2. The van der Waals surface area contributed by atoms with Gasteiger partial charge in [-0.15, -0.1) is 0 Å². The van der Waals surface area contributed by atoms with Crippen LogP contribution in [0.2, 0.25) is 0 Å². The van der Waals surface area contributed by atoms with Gasteiger partial charge in [0.15, 0.2) is 0 Å². The lowest BCUT2D eigenvalue weighted by Crippen LogP contribution is -2.34. The number of anilines is 2. The van der Waals surface area contributed by atoms with Crippen molar-refractivity contribution in [3.8, 4) is 0 Å². The standard InChI is InChI=1S/C25H31N3O2/c1-18-5-3-15-27(17-18)22-11-7-20(8-12-22)19(2)26-25(30)21-9-13-23(14-10-21)28-16-4-6-24(28)29/h7-14,18-19H,3-6,15-17H2,1-2H3,(H,26,30)/t18-,19-/m1/s1. The Hall–Kier alpha value is -2.82. The van der Waals surface area contributed by atoms with E-state index in [2.05, 4.69) is 41.4 Å². The first-order chi connectivity index (χ1) is 14.5. The Balaban J connectivity index is 1.36. The van der Waals surface area contributed by atoms with E-state index in [9.17, 15) is 9.59 Å². The SMILES string of the molecule is C[C@@H]1CCCN(c2ccc([C@@H](C)NC(=O)c3ccc(N4CCCC4=O)cc3)cc2)C1. The fourth-order valence-electron chi connectivity index (χ4n) is 4.47. The molecule has 0 radical (unpaired) electrons. The van der Waals surface area contributed by atoms with Gasteiger partial charge in [0.05, 0.1) is 6.04 Å². The number of piperidine rings is 1. The molecule has 4 rings (SSSR count). The van der Waals surface area contributed by atoms with Gasteiger partial charge in [0.2, 0.25) is 5.91 Å². The third-order valence-electron chi connectivity index (χ3n) is 6.28. The molecule has 2 fully saturated rings. The average molecular weight is 406 g/mol. The van der Waals surface area contributed by atoms with Gasteiger partial charge in [0.25, 0.3) is 5.91 Å². The first-order valence-corrected chi connectivity index (χ1v) is 11.1. The quantitative estimate of drug-likeness (QED) is 0.795. The lowest BCUT2D eigenvalue weighted by atomic mass is 9.99. The van der Waals surface area contributed by atoms with Crippen LogP contribution in [0.1, 0.15) is 61.5 Å². The molecule has 2 aliphatic rings. The van der Waals surface area contributed by atoms with Crippen molar-refractivity contribution in [2.24, 2.45) is 5.92 Å². The highest BCUT2D eigenvalue weighted by Crippen LogP contribution is 2.25. The highest BCUT2D eigenvalue weighted by Gasteiger charge is 2.22. The molecule has 0 saturated carbocycles. The molecule has 158 valence electrons. The first kappa shape index (κ1) is 20.5. The van der Waals surface area contributed by atoms with E-state index in [1.807, 2.05) is 19.1 Å². The second-order valence-corrected chi connectivity index (χ2v) is 8.68. The van der Waals surface area contributed by atoms with Crippen molar-refractivity contribution in [2.75, 3.05) is 29.4 Å². The van der Waals surface area contributed by atoms with E-state index in [1.54, 1.807) is 17.0 Å². The summed E-state index contributed by atoms with van der Waals surface area (Å²) in [7, 11) is 0. The summed E-state index contributed by atoms with van der Waals surface area (Å²) >= 11 is 0. The smallest absolute Gasteiger partial charge is 0.251 e. The number of nitrogens with one attached hydrogen (secondary N) is 1. The first-order valence-electron chi connectivity index (χ1n) is 11.1. The van der Waals surface area contributed by atoms with Gasteiger partial charge in [-0.25, -0.2) is 0 Å². The van der Waals surface area contributed by atoms with E-state index in [0.717, 1.165) is 43.2 Å².